The molecule has 0 radical (unpaired) electrons. The largest absolute Gasteiger partial charge is 0.289 e. The third-order valence-electron chi connectivity index (χ3n) is 3.07. The van der Waals surface area contributed by atoms with Crippen LogP contribution in [0, 0.1) is 5.82 Å². The molecule has 3 rings (SSSR count). The second-order valence-corrected chi connectivity index (χ2v) is 4.74. The fraction of sp³-hybridized carbons (Fsp3) is 0. The first-order valence-corrected chi connectivity index (χ1v) is 6.38. The van der Waals surface area contributed by atoms with Gasteiger partial charge in [-0.3, -0.25) is 9.78 Å². The van der Waals surface area contributed by atoms with Gasteiger partial charge in [-0.25, -0.2) is 4.39 Å². The molecule has 20 heavy (non-hydrogen) atoms. The monoisotopic (exact) mass is 285 g/mol. The van der Waals surface area contributed by atoms with E-state index in [0.717, 1.165) is 17.0 Å². The number of halogens is 2. The van der Waals surface area contributed by atoms with Crippen LogP contribution in [0.1, 0.15) is 15.9 Å². The average molecular weight is 286 g/mol. The molecule has 1 aromatic heterocycles. The zero-order valence-electron chi connectivity index (χ0n) is 10.3. The van der Waals surface area contributed by atoms with Crippen LogP contribution in [0.25, 0.3) is 10.9 Å². The van der Waals surface area contributed by atoms with Gasteiger partial charge in [-0.2, -0.15) is 0 Å². The zero-order valence-corrected chi connectivity index (χ0v) is 11.1. The maximum Gasteiger partial charge on any atom is 0.193 e. The molecular weight excluding hydrogens is 277 g/mol. The molecule has 0 aliphatic heterocycles. The van der Waals surface area contributed by atoms with E-state index in [-0.39, 0.29) is 16.4 Å². The maximum absolute atomic E-state index is 13.5. The van der Waals surface area contributed by atoms with Gasteiger partial charge in [-0.1, -0.05) is 29.8 Å². The van der Waals surface area contributed by atoms with E-state index in [9.17, 15) is 9.18 Å². The molecule has 1 heterocycles. The Morgan fingerprint density at radius 3 is 2.75 bits per heavy atom. The molecule has 2 nitrogen and oxygen atoms in total. The Morgan fingerprint density at radius 1 is 1.10 bits per heavy atom. The molecule has 98 valence electrons. The molecule has 0 saturated heterocycles. The lowest BCUT2D eigenvalue weighted by molar-refractivity contribution is 0.104. The molecule has 0 fully saturated rings. The van der Waals surface area contributed by atoms with Gasteiger partial charge in [0.15, 0.2) is 5.78 Å². The molecule has 0 spiro atoms. The molecule has 0 saturated carbocycles. The van der Waals surface area contributed by atoms with E-state index in [4.69, 9.17) is 11.6 Å². The summed E-state index contributed by atoms with van der Waals surface area (Å²) in [6.07, 6.45) is 1.67. The Kier molecular flexibility index (Phi) is 3.20. The lowest BCUT2D eigenvalue weighted by atomic mass is 9.99. The van der Waals surface area contributed by atoms with Crippen LogP contribution in [0.4, 0.5) is 4.39 Å². The predicted octanol–water partition coefficient (Wildman–Crippen LogP) is 4.26. The highest BCUT2D eigenvalue weighted by molar-refractivity contribution is 6.31. The molecule has 0 N–H and O–H groups in total. The molecule has 2 aromatic carbocycles. The molecule has 4 heteroatoms. The van der Waals surface area contributed by atoms with Crippen LogP contribution in [-0.4, -0.2) is 10.8 Å². The summed E-state index contributed by atoms with van der Waals surface area (Å²) in [5.74, 6) is -0.852. The summed E-state index contributed by atoms with van der Waals surface area (Å²) >= 11 is 5.63. The highest BCUT2D eigenvalue weighted by Gasteiger charge is 2.14. The third kappa shape index (κ3) is 2.17. The Morgan fingerprint density at radius 2 is 1.95 bits per heavy atom. The quantitative estimate of drug-likeness (QED) is 0.659. The summed E-state index contributed by atoms with van der Waals surface area (Å²) in [6.45, 7) is 0. The third-order valence-corrected chi connectivity index (χ3v) is 3.38. The van der Waals surface area contributed by atoms with E-state index >= 15 is 0 Å². The SMILES string of the molecule is O=C(c1ccc(Cl)c(F)c1)c1cccc2ncccc12. The Hall–Kier alpha value is -2.26. The summed E-state index contributed by atoms with van der Waals surface area (Å²) in [4.78, 5) is 16.7. The van der Waals surface area contributed by atoms with E-state index in [1.165, 1.54) is 12.1 Å². The van der Waals surface area contributed by atoms with Crippen molar-refractivity contribution in [3.05, 3.63) is 76.7 Å². The fourth-order valence-electron chi connectivity index (χ4n) is 2.09. The molecule has 0 aliphatic carbocycles. The van der Waals surface area contributed by atoms with Crippen molar-refractivity contribution in [2.75, 3.05) is 0 Å². The first-order valence-electron chi connectivity index (χ1n) is 6.00. The van der Waals surface area contributed by atoms with Gasteiger partial charge in [-0.15, -0.1) is 0 Å². The summed E-state index contributed by atoms with van der Waals surface area (Å²) in [6, 6.07) is 12.9. The number of fused-ring (bicyclic) bond motifs is 1. The Bertz CT molecular complexity index is 811. The molecule has 3 aromatic rings. The van der Waals surface area contributed by atoms with Crippen LogP contribution in [-0.2, 0) is 0 Å². The number of carbonyl (C=O) groups is 1. The van der Waals surface area contributed by atoms with Crippen LogP contribution in [0.15, 0.2) is 54.7 Å². The summed E-state index contributed by atoms with van der Waals surface area (Å²) in [5, 5.41) is 0.747. The zero-order chi connectivity index (χ0) is 14.1. The van der Waals surface area contributed by atoms with Crippen LogP contribution < -0.4 is 0 Å². The van der Waals surface area contributed by atoms with Crippen molar-refractivity contribution in [2.24, 2.45) is 0 Å². The average Bonchev–Trinajstić information content (AvgIpc) is 2.49. The summed E-state index contributed by atoms with van der Waals surface area (Å²) in [7, 11) is 0. The van der Waals surface area contributed by atoms with Crippen molar-refractivity contribution in [2.45, 2.75) is 0 Å². The van der Waals surface area contributed by atoms with Crippen LogP contribution in [0.2, 0.25) is 5.02 Å². The van der Waals surface area contributed by atoms with Crippen molar-refractivity contribution < 1.29 is 9.18 Å². The second kappa shape index (κ2) is 5.02. The first kappa shape index (κ1) is 12.8. The molecular formula is C16H9ClFNO. The van der Waals surface area contributed by atoms with E-state index in [1.54, 1.807) is 24.4 Å². The molecule has 0 unspecified atom stereocenters. The lowest BCUT2D eigenvalue weighted by Crippen LogP contribution is -2.03. The van der Waals surface area contributed by atoms with Gasteiger partial charge >= 0.3 is 0 Å². The van der Waals surface area contributed by atoms with Crippen molar-refractivity contribution >= 4 is 28.3 Å². The highest BCUT2D eigenvalue weighted by Crippen LogP contribution is 2.22. The first-order chi connectivity index (χ1) is 9.66. The predicted molar refractivity (Wildman–Crippen MR) is 76.6 cm³/mol. The fourth-order valence-corrected chi connectivity index (χ4v) is 2.21. The standard InChI is InChI=1S/C16H9ClFNO/c17-13-7-6-10(9-14(13)18)16(20)12-3-1-5-15-11(12)4-2-8-19-15/h1-9H. The lowest BCUT2D eigenvalue weighted by Gasteiger charge is -2.06. The number of benzene rings is 2. The minimum Gasteiger partial charge on any atom is -0.289 e. The van der Waals surface area contributed by atoms with Crippen molar-refractivity contribution in [1.29, 1.82) is 0 Å². The second-order valence-electron chi connectivity index (χ2n) is 4.33. The Labute approximate surface area is 119 Å². The smallest absolute Gasteiger partial charge is 0.193 e. The number of hydrogen-bond acceptors (Lipinski definition) is 2. The molecule has 0 amide bonds. The summed E-state index contributed by atoms with van der Waals surface area (Å²) < 4.78 is 13.5. The van der Waals surface area contributed by atoms with Gasteiger partial charge < -0.3 is 0 Å². The number of nitrogens with zero attached hydrogens (tertiary/aromatic N) is 1. The minimum atomic E-state index is -0.601. The molecule has 0 atom stereocenters. The highest BCUT2D eigenvalue weighted by atomic mass is 35.5. The van der Waals surface area contributed by atoms with Crippen LogP contribution in [0.3, 0.4) is 0 Å². The van der Waals surface area contributed by atoms with E-state index < -0.39 is 5.82 Å². The normalized spacial score (nSPS) is 10.7. The molecule has 0 bridgehead atoms. The number of pyridine rings is 1. The number of carbonyl (C=O) groups excluding carboxylic acids is 1. The van der Waals surface area contributed by atoms with Crippen LogP contribution >= 0.6 is 11.6 Å². The van der Waals surface area contributed by atoms with Crippen molar-refractivity contribution in [3.63, 3.8) is 0 Å². The van der Waals surface area contributed by atoms with Gasteiger partial charge in [0.1, 0.15) is 5.82 Å². The van der Waals surface area contributed by atoms with Gasteiger partial charge in [0, 0.05) is 22.7 Å². The van der Waals surface area contributed by atoms with Crippen molar-refractivity contribution in [3.8, 4) is 0 Å². The molecule has 0 aliphatic rings. The summed E-state index contributed by atoms with van der Waals surface area (Å²) in [5.41, 5.74) is 1.49. The number of ketones is 1. The van der Waals surface area contributed by atoms with Crippen LogP contribution in [0.5, 0.6) is 0 Å². The number of hydrogen-bond donors (Lipinski definition) is 0. The topological polar surface area (TPSA) is 30.0 Å². The van der Waals surface area contributed by atoms with Gasteiger partial charge in [0.25, 0.3) is 0 Å². The number of aromatic nitrogens is 1. The van der Waals surface area contributed by atoms with E-state index in [0.29, 0.717) is 5.56 Å². The van der Waals surface area contributed by atoms with Gasteiger partial charge in [0.05, 0.1) is 10.5 Å². The van der Waals surface area contributed by atoms with E-state index in [1.807, 2.05) is 12.1 Å². The van der Waals surface area contributed by atoms with E-state index in [2.05, 4.69) is 4.98 Å². The minimum absolute atomic E-state index is 0.00105. The Balaban J connectivity index is 2.15. The van der Waals surface area contributed by atoms with Gasteiger partial charge in [0.2, 0.25) is 0 Å². The van der Waals surface area contributed by atoms with Gasteiger partial charge in [-0.05, 0) is 30.3 Å². The maximum atomic E-state index is 13.5. The van der Waals surface area contributed by atoms with Crippen molar-refractivity contribution in [1.82, 2.24) is 4.98 Å². The number of rotatable bonds is 2.